The van der Waals surface area contributed by atoms with Crippen molar-refractivity contribution in [3.05, 3.63) is 46.2 Å². The van der Waals surface area contributed by atoms with Crippen molar-refractivity contribution < 1.29 is 9.94 Å². The number of fused-ring (bicyclic) bond motifs is 1. The molecule has 20 heavy (non-hydrogen) atoms. The molecular formula is C12H12ClN5O2. The third kappa shape index (κ3) is 2.21. The van der Waals surface area contributed by atoms with E-state index in [1.54, 1.807) is 4.68 Å². The highest BCUT2D eigenvalue weighted by atomic mass is 35.5. The van der Waals surface area contributed by atoms with Crippen LogP contribution in [0.5, 0.6) is 0 Å². The molecule has 2 heterocycles. The SMILES string of the molecule is N/C(=N/O)c1nnn2c1COC(c1ccc(Cl)cc1)C2. The molecule has 0 amide bonds. The molecule has 0 saturated carbocycles. The average Bonchev–Trinajstić information content (AvgIpc) is 2.90. The minimum atomic E-state index is -0.124. The first-order valence-electron chi connectivity index (χ1n) is 5.96. The van der Waals surface area contributed by atoms with Crippen LogP contribution in [-0.2, 0) is 17.9 Å². The number of halogens is 1. The first-order valence-corrected chi connectivity index (χ1v) is 6.34. The van der Waals surface area contributed by atoms with E-state index >= 15 is 0 Å². The smallest absolute Gasteiger partial charge is 0.192 e. The van der Waals surface area contributed by atoms with Crippen LogP contribution >= 0.6 is 11.6 Å². The number of benzene rings is 1. The highest BCUT2D eigenvalue weighted by Crippen LogP contribution is 2.27. The largest absolute Gasteiger partial charge is 0.409 e. The summed E-state index contributed by atoms with van der Waals surface area (Å²) in [5.74, 6) is -0.0696. The molecular weight excluding hydrogens is 282 g/mol. The monoisotopic (exact) mass is 293 g/mol. The van der Waals surface area contributed by atoms with Gasteiger partial charge in [0.25, 0.3) is 0 Å². The van der Waals surface area contributed by atoms with Crippen molar-refractivity contribution in [2.75, 3.05) is 0 Å². The highest BCUT2D eigenvalue weighted by Gasteiger charge is 2.26. The Morgan fingerprint density at radius 1 is 1.45 bits per heavy atom. The highest BCUT2D eigenvalue weighted by molar-refractivity contribution is 6.30. The second-order valence-electron chi connectivity index (χ2n) is 4.40. The van der Waals surface area contributed by atoms with E-state index in [-0.39, 0.29) is 11.9 Å². The van der Waals surface area contributed by atoms with Crippen LogP contribution in [-0.4, -0.2) is 26.0 Å². The average molecular weight is 294 g/mol. The van der Waals surface area contributed by atoms with Crippen molar-refractivity contribution >= 4 is 17.4 Å². The standard InChI is InChI=1S/C12H12ClN5O2/c13-8-3-1-7(2-4-8)10-5-18-9(6-20-10)11(15-17-18)12(14)16-19/h1-4,10,19H,5-6H2,(H2,14,16). The molecule has 0 aliphatic carbocycles. The lowest BCUT2D eigenvalue weighted by molar-refractivity contribution is -0.00146. The van der Waals surface area contributed by atoms with Crippen molar-refractivity contribution in [1.82, 2.24) is 15.0 Å². The number of rotatable bonds is 2. The van der Waals surface area contributed by atoms with Gasteiger partial charge in [-0.25, -0.2) is 4.68 Å². The molecule has 8 heteroatoms. The molecule has 2 aromatic rings. The Morgan fingerprint density at radius 3 is 2.90 bits per heavy atom. The van der Waals surface area contributed by atoms with E-state index in [2.05, 4.69) is 15.5 Å². The first-order chi connectivity index (χ1) is 9.69. The molecule has 1 aliphatic heterocycles. The lowest BCUT2D eigenvalue weighted by Crippen LogP contribution is -2.24. The maximum absolute atomic E-state index is 8.70. The third-order valence-corrected chi connectivity index (χ3v) is 3.44. The van der Waals surface area contributed by atoms with Gasteiger partial charge in [-0.05, 0) is 17.7 Å². The van der Waals surface area contributed by atoms with Gasteiger partial charge in [0.2, 0.25) is 0 Å². The van der Waals surface area contributed by atoms with E-state index < -0.39 is 0 Å². The zero-order valence-electron chi connectivity index (χ0n) is 10.4. The van der Waals surface area contributed by atoms with Crippen molar-refractivity contribution in [3.63, 3.8) is 0 Å². The van der Waals surface area contributed by atoms with Gasteiger partial charge in [0.1, 0.15) is 6.10 Å². The Bertz CT molecular complexity index is 652. The van der Waals surface area contributed by atoms with Crippen molar-refractivity contribution in [2.24, 2.45) is 10.9 Å². The summed E-state index contributed by atoms with van der Waals surface area (Å²) in [6.07, 6.45) is -0.124. The maximum atomic E-state index is 8.70. The van der Waals surface area contributed by atoms with Gasteiger partial charge in [0, 0.05) is 5.02 Å². The van der Waals surface area contributed by atoms with Gasteiger partial charge in [-0.15, -0.1) is 5.10 Å². The number of hydrogen-bond acceptors (Lipinski definition) is 5. The van der Waals surface area contributed by atoms with Gasteiger partial charge in [-0.1, -0.05) is 34.1 Å². The summed E-state index contributed by atoms with van der Waals surface area (Å²) < 4.78 is 7.49. The molecule has 1 aliphatic rings. The molecule has 7 nitrogen and oxygen atoms in total. The fraction of sp³-hybridized carbons (Fsp3) is 0.250. The molecule has 0 bridgehead atoms. The Balaban J connectivity index is 1.86. The predicted octanol–water partition coefficient (Wildman–Crippen LogP) is 1.30. The molecule has 104 valence electrons. The lowest BCUT2D eigenvalue weighted by atomic mass is 10.1. The van der Waals surface area contributed by atoms with E-state index in [4.69, 9.17) is 27.3 Å². The van der Waals surface area contributed by atoms with Crippen molar-refractivity contribution in [3.8, 4) is 0 Å². The van der Waals surface area contributed by atoms with Crippen LogP contribution in [0.1, 0.15) is 23.1 Å². The van der Waals surface area contributed by atoms with E-state index in [9.17, 15) is 0 Å². The van der Waals surface area contributed by atoms with Crippen LogP contribution < -0.4 is 5.73 Å². The molecule has 1 atom stereocenters. The predicted molar refractivity (Wildman–Crippen MR) is 71.5 cm³/mol. The van der Waals surface area contributed by atoms with Crippen LogP contribution in [0, 0.1) is 0 Å². The topological polar surface area (TPSA) is 98.5 Å². The molecule has 0 fully saturated rings. The molecule has 1 unspecified atom stereocenters. The molecule has 3 N–H and O–H groups in total. The number of oxime groups is 1. The quantitative estimate of drug-likeness (QED) is 0.376. The first kappa shape index (κ1) is 12.9. The summed E-state index contributed by atoms with van der Waals surface area (Å²) in [7, 11) is 0. The zero-order chi connectivity index (χ0) is 14.1. The number of nitrogens with zero attached hydrogens (tertiary/aromatic N) is 4. The minimum Gasteiger partial charge on any atom is -0.409 e. The van der Waals surface area contributed by atoms with Gasteiger partial charge in [-0.2, -0.15) is 0 Å². The number of amidine groups is 1. The maximum Gasteiger partial charge on any atom is 0.192 e. The summed E-state index contributed by atoms with van der Waals surface area (Å²) in [5.41, 5.74) is 7.60. The Labute approximate surface area is 119 Å². The van der Waals surface area contributed by atoms with Crippen molar-refractivity contribution in [1.29, 1.82) is 0 Å². The molecule has 3 rings (SSSR count). The third-order valence-electron chi connectivity index (χ3n) is 3.19. The summed E-state index contributed by atoms with van der Waals surface area (Å²) in [6.45, 7) is 0.814. The second kappa shape index (κ2) is 5.10. The summed E-state index contributed by atoms with van der Waals surface area (Å²) in [4.78, 5) is 0. The van der Waals surface area contributed by atoms with Crippen LogP contribution in [0.15, 0.2) is 29.4 Å². The summed E-state index contributed by atoms with van der Waals surface area (Å²) in [5, 5.41) is 20.2. The van der Waals surface area contributed by atoms with E-state index in [0.29, 0.717) is 29.6 Å². The number of aromatic nitrogens is 3. The molecule has 0 saturated heterocycles. The second-order valence-corrected chi connectivity index (χ2v) is 4.84. The van der Waals surface area contributed by atoms with Gasteiger partial charge in [0.15, 0.2) is 11.5 Å². The van der Waals surface area contributed by atoms with Crippen LogP contribution in [0.2, 0.25) is 5.02 Å². The van der Waals surface area contributed by atoms with E-state index in [0.717, 1.165) is 5.56 Å². The Hall–Kier alpha value is -2.12. The Kier molecular flexibility index (Phi) is 3.29. The van der Waals surface area contributed by atoms with E-state index in [1.165, 1.54) is 0 Å². The van der Waals surface area contributed by atoms with Crippen LogP contribution in [0.3, 0.4) is 0 Å². The fourth-order valence-corrected chi connectivity index (χ4v) is 2.26. The normalized spacial score (nSPS) is 18.9. The lowest BCUT2D eigenvalue weighted by Gasteiger charge is -2.24. The molecule has 0 radical (unpaired) electrons. The minimum absolute atomic E-state index is 0.0696. The van der Waals surface area contributed by atoms with Crippen LogP contribution in [0.4, 0.5) is 0 Å². The van der Waals surface area contributed by atoms with E-state index in [1.807, 2.05) is 24.3 Å². The van der Waals surface area contributed by atoms with Gasteiger partial charge in [0.05, 0.1) is 18.8 Å². The molecule has 0 spiro atoms. The summed E-state index contributed by atoms with van der Waals surface area (Å²) in [6, 6.07) is 7.47. The van der Waals surface area contributed by atoms with Gasteiger partial charge >= 0.3 is 0 Å². The Morgan fingerprint density at radius 2 is 2.20 bits per heavy atom. The number of nitrogens with two attached hydrogens (primary N) is 1. The molecule has 1 aromatic heterocycles. The summed E-state index contributed by atoms with van der Waals surface area (Å²) >= 11 is 5.87. The van der Waals surface area contributed by atoms with Gasteiger partial charge < -0.3 is 15.7 Å². The van der Waals surface area contributed by atoms with Crippen molar-refractivity contribution in [2.45, 2.75) is 19.3 Å². The van der Waals surface area contributed by atoms with Crippen LogP contribution in [0.25, 0.3) is 0 Å². The van der Waals surface area contributed by atoms with Gasteiger partial charge in [-0.3, -0.25) is 0 Å². The molecule has 1 aromatic carbocycles. The zero-order valence-corrected chi connectivity index (χ0v) is 11.2. The fourth-order valence-electron chi connectivity index (χ4n) is 2.14. The number of hydrogen-bond donors (Lipinski definition) is 2. The number of ether oxygens (including phenoxy) is 1.